The molecule has 0 spiro atoms. The van der Waals surface area contributed by atoms with E-state index >= 15 is 0 Å². The number of hydrogen-bond acceptors (Lipinski definition) is 3. The summed E-state index contributed by atoms with van der Waals surface area (Å²) >= 11 is 0. The van der Waals surface area contributed by atoms with Gasteiger partial charge in [0.15, 0.2) is 0 Å². The van der Waals surface area contributed by atoms with Crippen molar-refractivity contribution in [2.75, 3.05) is 26.7 Å². The SMILES string of the molecule is CN(CCc1cccnc1)CCC1CCCCN1. The lowest BCUT2D eigenvalue weighted by molar-refractivity contribution is 0.290. The van der Waals surface area contributed by atoms with Crippen LogP contribution < -0.4 is 5.32 Å². The van der Waals surface area contributed by atoms with Crippen molar-refractivity contribution in [3.8, 4) is 0 Å². The van der Waals surface area contributed by atoms with E-state index in [-0.39, 0.29) is 0 Å². The number of piperidine rings is 1. The van der Waals surface area contributed by atoms with Gasteiger partial charge in [-0.15, -0.1) is 0 Å². The lowest BCUT2D eigenvalue weighted by Crippen LogP contribution is -2.37. The number of hydrogen-bond donors (Lipinski definition) is 1. The first-order valence-electron chi connectivity index (χ1n) is 7.15. The molecule has 2 rings (SSSR count). The van der Waals surface area contributed by atoms with E-state index in [4.69, 9.17) is 0 Å². The highest BCUT2D eigenvalue weighted by atomic mass is 15.1. The van der Waals surface area contributed by atoms with Crippen LogP contribution in [-0.2, 0) is 6.42 Å². The second-order valence-corrected chi connectivity index (χ2v) is 5.35. The zero-order valence-electron chi connectivity index (χ0n) is 11.4. The summed E-state index contributed by atoms with van der Waals surface area (Å²) in [7, 11) is 2.22. The highest BCUT2D eigenvalue weighted by Gasteiger charge is 2.12. The number of rotatable bonds is 6. The zero-order chi connectivity index (χ0) is 12.6. The van der Waals surface area contributed by atoms with Crippen molar-refractivity contribution in [3.05, 3.63) is 30.1 Å². The molecule has 0 aliphatic carbocycles. The maximum Gasteiger partial charge on any atom is 0.0300 e. The van der Waals surface area contributed by atoms with E-state index < -0.39 is 0 Å². The Morgan fingerprint density at radius 1 is 1.39 bits per heavy atom. The molecule has 100 valence electrons. The van der Waals surface area contributed by atoms with E-state index in [0.717, 1.165) is 19.0 Å². The Morgan fingerprint density at radius 2 is 2.33 bits per heavy atom. The van der Waals surface area contributed by atoms with Crippen molar-refractivity contribution in [1.82, 2.24) is 15.2 Å². The smallest absolute Gasteiger partial charge is 0.0300 e. The summed E-state index contributed by atoms with van der Waals surface area (Å²) < 4.78 is 0. The van der Waals surface area contributed by atoms with Crippen LogP contribution in [0.4, 0.5) is 0 Å². The first-order chi connectivity index (χ1) is 8.84. The largest absolute Gasteiger partial charge is 0.314 e. The fourth-order valence-electron chi connectivity index (χ4n) is 2.52. The molecule has 2 heterocycles. The molecular formula is C15H25N3. The molecule has 0 saturated carbocycles. The Labute approximate surface area is 111 Å². The zero-order valence-corrected chi connectivity index (χ0v) is 11.4. The first-order valence-corrected chi connectivity index (χ1v) is 7.15. The highest BCUT2D eigenvalue weighted by molar-refractivity contribution is 5.08. The number of nitrogens with zero attached hydrogens (tertiary/aromatic N) is 2. The average molecular weight is 247 g/mol. The van der Waals surface area contributed by atoms with Gasteiger partial charge in [0.1, 0.15) is 0 Å². The average Bonchev–Trinajstić information content (AvgIpc) is 2.45. The number of pyridine rings is 1. The topological polar surface area (TPSA) is 28.2 Å². The van der Waals surface area contributed by atoms with Gasteiger partial charge >= 0.3 is 0 Å². The van der Waals surface area contributed by atoms with E-state index in [0.29, 0.717) is 0 Å². The molecule has 1 aromatic heterocycles. The number of nitrogens with one attached hydrogen (secondary N) is 1. The fourth-order valence-corrected chi connectivity index (χ4v) is 2.52. The Hall–Kier alpha value is -0.930. The molecule has 1 fully saturated rings. The first kappa shape index (κ1) is 13.5. The van der Waals surface area contributed by atoms with E-state index in [2.05, 4.69) is 28.3 Å². The predicted molar refractivity (Wildman–Crippen MR) is 75.7 cm³/mol. The van der Waals surface area contributed by atoms with Crippen LogP contribution in [0.5, 0.6) is 0 Å². The van der Waals surface area contributed by atoms with Crippen LogP contribution in [0.3, 0.4) is 0 Å². The monoisotopic (exact) mass is 247 g/mol. The van der Waals surface area contributed by atoms with Crippen molar-refractivity contribution >= 4 is 0 Å². The van der Waals surface area contributed by atoms with Crippen molar-refractivity contribution in [2.45, 2.75) is 38.1 Å². The van der Waals surface area contributed by atoms with Gasteiger partial charge in [-0.25, -0.2) is 0 Å². The molecule has 0 bridgehead atoms. The second-order valence-electron chi connectivity index (χ2n) is 5.35. The summed E-state index contributed by atoms with van der Waals surface area (Å²) in [6, 6.07) is 4.92. The lowest BCUT2D eigenvalue weighted by Gasteiger charge is -2.25. The Bertz CT molecular complexity index is 320. The van der Waals surface area contributed by atoms with E-state index in [1.165, 1.54) is 44.3 Å². The summed E-state index contributed by atoms with van der Waals surface area (Å²) in [4.78, 5) is 6.59. The van der Waals surface area contributed by atoms with Crippen molar-refractivity contribution in [2.24, 2.45) is 0 Å². The molecule has 1 aromatic rings. The van der Waals surface area contributed by atoms with Crippen LogP contribution in [0.25, 0.3) is 0 Å². The molecule has 0 radical (unpaired) electrons. The maximum absolute atomic E-state index is 4.15. The molecule has 1 atom stereocenters. The van der Waals surface area contributed by atoms with Gasteiger partial charge in [0.25, 0.3) is 0 Å². The molecule has 1 N–H and O–H groups in total. The van der Waals surface area contributed by atoms with E-state index in [1.807, 2.05) is 18.5 Å². The summed E-state index contributed by atoms with van der Waals surface area (Å²) in [5.74, 6) is 0. The molecule has 3 nitrogen and oxygen atoms in total. The number of likely N-dealkylation sites (N-methyl/N-ethyl adjacent to an activating group) is 1. The van der Waals surface area contributed by atoms with E-state index in [9.17, 15) is 0 Å². The van der Waals surface area contributed by atoms with E-state index in [1.54, 1.807) is 0 Å². The molecule has 0 aromatic carbocycles. The van der Waals surface area contributed by atoms with Gasteiger partial charge in [0.05, 0.1) is 0 Å². The molecule has 1 saturated heterocycles. The van der Waals surface area contributed by atoms with Crippen LogP contribution in [0, 0.1) is 0 Å². The Balaban J connectivity index is 1.61. The maximum atomic E-state index is 4.15. The van der Waals surface area contributed by atoms with Gasteiger partial charge in [-0.1, -0.05) is 12.5 Å². The third-order valence-electron chi connectivity index (χ3n) is 3.78. The van der Waals surface area contributed by atoms with Gasteiger partial charge in [-0.2, -0.15) is 0 Å². The van der Waals surface area contributed by atoms with Crippen LogP contribution in [-0.4, -0.2) is 42.6 Å². The molecule has 0 amide bonds. The van der Waals surface area contributed by atoms with Crippen molar-refractivity contribution in [3.63, 3.8) is 0 Å². The van der Waals surface area contributed by atoms with Gasteiger partial charge < -0.3 is 10.2 Å². The second kappa shape index (κ2) is 7.49. The number of aromatic nitrogens is 1. The quantitative estimate of drug-likeness (QED) is 0.834. The van der Waals surface area contributed by atoms with Gasteiger partial charge in [-0.3, -0.25) is 4.98 Å². The summed E-state index contributed by atoms with van der Waals surface area (Å²) in [6.45, 7) is 3.53. The molecule has 3 heteroatoms. The summed E-state index contributed by atoms with van der Waals surface area (Å²) in [5.41, 5.74) is 1.33. The normalized spacial score (nSPS) is 20.2. The third-order valence-corrected chi connectivity index (χ3v) is 3.78. The summed E-state index contributed by atoms with van der Waals surface area (Å²) in [5, 5.41) is 3.61. The molecule has 1 aliphatic rings. The molecule has 1 aliphatic heterocycles. The lowest BCUT2D eigenvalue weighted by atomic mass is 10.0. The fraction of sp³-hybridized carbons (Fsp3) is 0.667. The molecule has 18 heavy (non-hydrogen) atoms. The third kappa shape index (κ3) is 4.75. The van der Waals surface area contributed by atoms with Crippen LogP contribution in [0.15, 0.2) is 24.5 Å². The highest BCUT2D eigenvalue weighted by Crippen LogP contribution is 2.10. The molecular weight excluding hydrogens is 222 g/mol. The molecule has 1 unspecified atom stereocenters. The van der Waals surface area contributed by atoms with Crippen molar-refractivity contribution < 1.29 is 0 Å². The van der Waals surface area contributed by atoms with Crippen LogP contribution in [0.2, 0.25) is 0 Å². The van der Waals surface area contributed by atoms with Gasteiger partial charge in [-0.05, 0) is 57.5 Å². The van der Waals surface area contributed by atoms with Gasteiger partial charge in [0, 0.05) is 25.0 Å². The minimum absolute atomic E-state index is 0.750. The minimum atomic E-state index is 0.750. The predicted octanol–water partition coefficient (Wildman–Crippen LogP) is 2.09. The standard InChI is InChI=1S/C15H25N3/c1-18(11-7-14-5-4-9-16-13-14)12-8-15-6-2-3-10-17-15/h4-5,9,13,15,17H,2-3,6-8,10-12H2,1H3. The minimum Gasteiger partial charge on any atom is -0.314 e. The Morgan fingerprint density at radius 3 is 3.06 bits per heavy atom. The summed E-state index contributed by atoms with van der Waals surface area (Å²) in [6.07, 6.45) is 10.3. The van der Waals surface area contributed by atoms with Crippen LogP contribution in [0.1, 0.15) is 31.2 Å². The Kier molecular flexibility index (Phi) is 5.62. The van der Waals surface area contributed by atoms with Crippen molar-refractivity contribution in [1.29, 1.82) is 0 Å². The van der Waals surface area contributed by atoms with Gasteiger partial charge in [0.2, 0.25) is 0 Å². The van der Waals surface area contributed by atoms with Crippen LogP contribution >= 0.6 is 0 Å².